The third-order valence-electron chi connectivity index (χ3n) is 22.7. The van der Waals surface area contributed by atoms with Gasteiger partial charge >= 0.3 is 0 Å². The topological polar surface area (TPSA) is 16.3 Å². The summed E-state index contributed by atoms with van der Waals surface area (Å²) in [5, 5.41) is 0.928. The standard InChI is InChI=1S/C123H141BN4/c1-115(2,3)70-79-36-32-40-86(56-79)96-68-108(98(64-90(96)77-122(22,23)24)88-42-34-38-81(58-88)72-117(7,8)9)127-110-66-92(125-104-46-30-28-44-94(104)100-60-83(48-54-106(100)125)74-119(13,14)15)50-52-102(110)124-103-53-51-93(126-105-47-31-29-45-95(105)101-61-84(49-55-107(101)126)75-120(16,17)18)67-111(103)128(113-63-85(76-121(19,20)21)62-112(127)114(113)124)109-69-97(87-41-33-37-80(57-87)71-116(4,5)6)91(78-123(25,26)27)65-99(109)89-43-35-39-82(59-89)73-118(10,11)12/h28-69H,70-78H2,1-27H3/i28D,29D,30D,31D,44D,45D,46D,47D,70D2,71D2,72D2,73D2,74D2,75D2,77D2,78D2. The van der Waals surface area contributed by atoms with Gasteiger partial charge < -0.3 is 18.9 Å². The van der Waals surface area contributed by atoms with Gasteiger partial charge in [0.05, 0.1) is 44.4 Å². The highest BCUT2D eigenvalue weighted by atomic mass is 15.2. The second-order valence-corrected chi connectivity index (χ2v) is 45.1. The summed E-state index contributed by atoms with van der Waals surface area (Å²) < 4.78 is 246. The molecule has 656 valence electrons. The summed E-state index contributed by atoms with van der Waals surface area (Å²) in [7, 11) is 0. The second kappa shape index (κ2) is 32.6. The molecule has 13 aromatic carbocycles. The van der Waals surface area contributed by atoms with E-state index in [2.05, 4.69) is 42.7 Å². The SMILES string of the molecule is [2H]c1c([2H])c([2H])c2c(c1[2H])c1cc(C([2H])([2H])C(C)(C)C)ccc1n2-c1ccc2c(c1)N(c1cc(-c3cccc(C([2H])([2H])C(C)(C)C)c3)c(C([2H])([2H])C(C)(C)C)cc1-c1cccc(C([2H])([2H])C(C)(C)C)c1)c1cc(CC(C)(C)C)cc3c1B2c1ccc(-n2c4ccc(C([2H])([2H])C(C)(C)C)cc4c4c([2H])c([2H])c([2H])c([2H])c42)cc1N3c1cc(-c2cccc(C([2H])([2H])C(C)(C)C)c2)c(C([2H])([2H])C(C)(C)C)cc1-c1cccc(C([2H])([2H])C(C)(C)C)c1. The molecule has 0 unspecified atom stereocenters. The molecule has 0 radical (unpaired) electrons. The number of benzene rings is 13. The van der Waals surface area contributed by atoms with Gasteiger partial charge in [-0.15, -0.1) is 0 Å². The van der Waals surface area contributed by atoms with Crippen LogP contribution in [0.25, 0.3) is 99.5 Å². The largest absolute Gasteiger partial charge is 0.311 e. The van der Waals surface area contributed by atoms with Crippen molar-refractivity contribution in [1.82, 2.24) is 9.13 Å². The van der Waals surface area contributed by atoms with Gasteiger partial charge in [0.25, 0.3) is 6.71 Å². The lowest BCUT2D eigenvalue weighted by Crippen LogP contribution is -2.61. The quantitative estimate of drug-likeness (QED) is 0.0845. The molecule has 0 atom stereocenters. The molecule has 0 spiro atoms. The molecule has 4 heterocycles. The summed E-state index contributed by atoms with van der Waals surface area (Å²) in [5.41, 5.74) is 3.72. The lowest BCUT2D eigenvalue weighted by atomic mass is 9.33. The number of rotatable bonds is 17. The predicted molar refractivity (Wildman–Crippen MR) is 559 cm³/mol. The number of anilines is 6. The lowest BCUT2D eigenvalue weighted by Gasteiger charge is -2.46. The van der Waals surface area contributed by atoms with Crippen LogP contribution in [0, 0.1) is 48.7 Å². The van der Waals surface area contributed by atoms with E-state index in [9.17, 15) is 32.9 Å². The zero-order chi connectivity index (χ0) is 113. The molecule has 15 aromatic rings. The van der Waals surface area contributed by atoms with E-state index in [1.807, 2.05) is 234 Å². The van der Waals surface area contributed by atoms with Crippen LogP contribution in [-0.2, 0) is 57.4 Å². The Bertz CT molecular complexity index is 7690. The maximum Gasteiger partial charge on any atom is 0.252 e. The Morgan fingerprint density at radius 1 is 0.250 bits per heavy atom. The van der Waals surface area contributed by atoms with Crippen molar-refractivity contribution in [2.45, 2.75) is 244 Å². The van der Waals surface area contributed by atoms with E-state index in [0.717, 1.165) is 5.56 Å². The van der Waals surface area contributed by atoms with Crippen molar-refractivity contribution in [1.29, 1.82) is 0 Å². The van der Waals surface area contributed by atoms with Gasteiger partial charge in [-0.25, -0.2) is 0 Å². The first-order valence-corrected chi connectivity index (χ1v) is 45.5. The Hall–Kier alpha value is -10.9. The van der Waals surface area contributed by atoms with Crippen molar-refractivity contribution in [3.63, 3.8) is 0 Å². The Labute approximate surface area is 802 Å². The molecule has 0 bridgehead atoms. The third-order valence-corrected chi connectivity index (χ3v) is 22.7. The van der Waals surface area contributed by atoms with E-state index >= 15 is 0 Å². The van der Waals surface area contributed by atoms with Gasteiger partial charge in [0.1, 0.15) is 0 Å². The Kier molecular flexibility index (Phi) is 16.3. The first-order valence-electron chi connectivity index (χ1n) is 57.5. The fourth-order valence-electron chi connectivity index (χ4n) is 18.8. The number of hydrogen-bond donors (Lipinski definition) is 0. The lowest BCUT2D eigenvalue weighted by molar-refractivity contribution is 0.410. The van der Waals surface area contributed by atoms with E-state index in [1.54, 1.807) is 136 Å². The molecule has 17 rings (SSSR count). The van der Waals surface area contributed by atoms with Gasteiger partial charge in [0.15, 0.2) is 0 Å². The summed E-state index contributed by atoms with van der Waals surface area (Å²) in [5.74, 6) is 0. The zero-order valence-corrected chi connectivity index (χ0v) is 80.2. The van der Waals surface area contributed by atoms with Crippen LogP contribution >= 0.6 is 0 Å². The van der Waals surface area contributed by atoms with Gasteiger partial charge in [-0.05, 0) is 303 Å². The van der Waals surface area contributed by atoms with E-state index in [1.165, 1.54) is 0 Å². The monoisotopic (exact) mass is 1710 g/mol. The molecule has 4 nitrogen and oxygen atoms in total. The molecule has 0 saturated heterocycles. The molecular formula is C123H141BN4. The van der Waals surface area contributed by atoms with Gasteiger partial charge in [-0.2, -0.15) is 0 Å². The molecule has 2 aliphatic rings. The zero-order valence-electron chi connectivity index (χ0n) is 104. The van der Waals surface area contributed by atoms with E-state index < -0.39 is 131 Å². The smallest absolute Gasteiger partial charge is 0.252 e. The Balaban J connectivity index is 1.15. The molecule has 0 fully saturated rings. The third kappa shape index (κ3) is 19.1. The summed E-state index contributed by atoms with van der Waals surface area (Å²) in [4.78, 5) is 4.33. The van der Waals surface area contributed by atoms with Crippen LogP contribution < -0.4 is 26.2 Å². The average molecular weight is 1710 g/mol. The van der Waals surface area contributed by atoms with Crippen LogP contribution in [0.5, 0.6) is 0 Å². The Morgan fingerprint density at radius 2 is 0.562 bits per heavy atom. The molecule has 0 amide bonds. The fourth-order valence-corrected chi connectivity index (χ4v) is 18.8. The minimum atomic E-state index is -2.26. The molecule has 0 saturated carbocycles. The van der Waals surface area contributed by atoms with Crippen molar-refractivity contribution >= 4 is 101 Å². The molecule has 0 N–H and O–H groups in total. The predicted octanol–water partition coefficient (Wildman–Crippen LogP) is 32.9. The van der Waals surface area contributed by atoms with E-state index in [-0.39, 0.29) is 68.2 Å². The maximum absolute atomic E-state index is 10.9. The molecule has 0 aliphatic carbocycles. The highest BCUT2D eigenvalue weighted by molar-refractivity contribution is 7.00. The Morgan fingerprint density at radius 3 is 0.883 bits per heavy atom. The number of para-hydroxylation sites is 2. The fraction of sp³-hybridized carbons (Fsp3) is 0.366. The van der Waals surface area contributed by atoms with Crippen LogP contribution in [0.15, 0.2) is 255 Å². The summed E-state index contributed by atoms with van der Waals surface area (Å²) in [6, 6.07) is 59.6. The maximum atomic E-state index is 10.9. The number of aromatic nitrogens is 2. The summed E-state index contributed by atoms with van der Waals surface area (Å²) >= 11 is 0. The van der Waals surface area contributed by atoms with Crippen molar-refractivity contribution in [3.8, 4) is 55.9 Å². The van der Waals surface area contributed by atoms with Crippen molar-refractivity contribution in [3.05, 3.63) is 305 Å². The van der Waals surface area contributed by atoms with Crippen LogP contribution in [0.1, 0.15) is 270 Å². The highest BCUT2D eigenvalue weighted by Gasteiger charge is 2.46. The van der Waals surface area contributed by atoms with Crippen LogP contribution in [0.3, 0.4) is 0 Å². The first kappa shape index (κ1) is 64.0. The molecule has 2 aliphatic heterocycles. The van der Waals surface area contributed by atoms with Crippen LogP contribution in [0.2, 0.25) is 0 Å². The highest BCUT2D eigenvalue weighted by Crippen LogP contribution is 2.54. The summed E-state index contributed by atoms with van der Waals surface area (Å²) in [6.07, 6.45) is -16.3. The van der Waals surface area contributed by atoms with Gasteiger partial charge in [-0.3, -0.25) is 0 Å². The van der Waals surface area contributed by atoms with Gasteiger partial charge in [0, 0.05) is 88.7 Å². The number of hydrogen-bond acceptors (Lipinski definition) is 2. The number of fused-ring (bicyclic) bond motifs is 10. The van der Waals surface area contributed by atoms with Crippen molar-refractivity contribution < 1.29 is 32.9 Å². The minimum Gasteiger partial charge on any atom is -0.311 e. The number of nitrogens with zero attached hydrogens (tertiary/aromatic N) is 4. The van der Waals surface area contributed by atoms with E-state index in [4.69, 9.17) is 0 Å². The minimum absolute atomic E-state index is 0.0790. The average Bonchev–Trinajstić information content (AvgIpc) is 0.893. The van der Waals surface area contributed by atoms with Gasteiger partial charge in [0.2, 0.25) is 0 Å². The normalized spacial score (nSPS) is 17.3. The van der Waals surface area contributed by atoms with Crippen molar-refractivity contribution in [2.75, 3.05) is 9.80 Å². The van der Waals surface area contributed by atoms with Crippen molar-refractivity contribution in [2.24, 2.45) is 48.7 Å². The van der Waals surface area contributed by atoms with Crippen LogP contribution in [0.4, 0.5) is 34.1 Å². The molecule has 5 heteroatoms. The van der Waals surface area contributed by atoms with E-state index in [0.29, 0.717) is 157 Å². The second-order valence-electron chi connectivity index (χ2n) is 45.1. The van der Waals surface area contributed by atoms with Gasteiger partial charge in [-0.1, -0.05) is 345 Å². The molecular weight excluding hydrogens is 1540 g/mol. The molecule has 2 aromatic heterocycles. The summed E-state index contributed by atoms with van der Waals surface area (Å²) in [6.45, 7) is 49.3. The first-order chi connectivity index (χ1) is 69.5. The molecule has 128 heavy (non-hydrogen) atoms. The van der Waals surface area contributed by atoms with Crippen LogP contribution in [-0.4, -0.2) is 15.8 Å².